The molecule has 1 saturated heterocycles. The molecule has 7 heteroatoms. The van der Waals surface area contributed by atoms with E-state index >= 15 is 0 Å². The maximum Gasteiger partial charge on any atom is 0.338 e. The maximum atomic E-state index is 12.8. The van der Waals surface area contributed by atoms with Crippen molar-refractivity contribution < 1.29 is 17.9 Å². The largest absolute Gasteiger partial charge is 0.457 e. The van der Waals surface area contributed by atoms with Crippen molar-refractivity contribution >= 4 is 28.2 Å². The molecular weight excluding hydrogens is 446 g/mol. The number of piperidine rings is 1. The van der Waals surface area contributed by atoms with Crippen LogP contribution in [0.15, 0.2) is 83.8 Å². The van der Waals surface area contributed by atoms with Gasteiger partial charge in [0.1, 0.15) is 6.10 Å². The number of carbonyl (C=O) groups is 1. The van der Waals surface area contributed by atoms with E-state index < -0.39 is 9.84 Å². The van der Waals surface area contributed by atoms with Gasteiger partial charge in [-0.2, -0.15) is 0 Å². The summed E-state index contributed by atoms with van der Waals surface area (Å²) < 4.78 is 29.1. The Balaban J connectivity index is 0.00000289. The van der Waals surface area contributed by atoms with Crippen LogP contribution < -0.4 is 5.32 Å². The molecule has 0 radical (unpaired) electrons. The number of benzene rings is 3. The summed E-state index contributed by atoms with van der Waals surface area (Å²) in [4.78, 5) is 13.1. The zero-order valence-corrected chi connectivity index (χ0v) is 19.4. The van der Waals surface area contributed by atoms with Crippen molar-refractivity contribution in [2.75, 3.05) is 19.3 Å². The van der Waals surface area contributed by atoms with Gasteiger partial charge in [0.15, 0.2) is 9.84 Å². The zero-order chi connectivity index (χ0) is 21.8. The van der Waals surface area contributed by atoms with Crippen LogP contribution in [-0.2, 0) is 14.6 Å². The summed E-state index contributed by atoms with van der Waals surface area (Å²) in [6.45, 7) is 1.54. The molecule has 0 unspecified atom stereocenters. The third kappa shape index (κ3) is 5.57. The number of esters is 1. The Morgan fingerprint density at radius 2 is 1.50 bits per heavy atom. The summed E-state index contributed by atoms with van der Waals surface area (Å²) in [5, 5.41) is 3.32. The lowest BCUT2D eigenvalue weighted by Gasteiger charge is -2.32. The average molecular weight is 472 g/mol. The fourth-order valence-electron chi connectivity index (χ4n) is 3.93. The first-order valence-electron chi connectivity index (χ1n) is 10.3. The Morgan fingerprint density at radius 1 is 0.906 bits per heavy atom. The van der Waals surface area contributed by atoms with Crippen LogP contribution in [0.3, 0.4) is 0 Å². The number of hydrogen-bond acceptors (Lipinski definition) is 5. The minimum Gasteiger partial charge on any atom is -0.457 e. The van der Waals surface area contributed by atoms with Gasteiger partial charge in [-0.05, 0) is 53.9 Å². The summed E-state index contributed by atoms with van der Waals surface area (Å²) in [6.07, 6.45) is 1.89. The zero-order valence-electron chi connectivity index (χ0n) is 17.7. The van der Waals surface area contributed by atoms with Gasteiger partial charge in [-0.25, -0.2) is 13.2 Å². The molecule has 2 atom stereocenters. The third-order valence-corrected chi connectivity index (χ3v) is 6.78. The lowest BCUT2D eigenvalue weighted by Crippen LogP contribution is -2.42. The Labute approximate surface area is 195 Å². The monoisotopic (exact) mass is 471 g/mol. The van der Waals surface area contributed by atoms with Gasteiger partial charge in [-0.1, -0.05) is 54.6 Å². The first-order valence-corrected chi connectivity index (χ1v) is 12.2. The second-order valence-corrected chi connectivity index (χ2v) is 9.84. The van der Waals surface area contributed by atoms with E-state index in [4.69, 9.17) is 4.74 Å². The fourth-order valence-corrected chi connectivity index (χ4v) is 4.56. The fraction of sp³-hybridized carbons (Fsp3) is 0.240. The van der Waals surface area contributed by atoms with Gasteiger partial charge >= 0.3 is 5.97 Å². The molecule has 0 amide bonds. The summed E-state index contributed by atoms with van der Waals surface area (Å²) >= 11 is 0. The van der Waals surface area contributed by atoms with Gasteiger partial charge in [0.25, 0.3) is 0 Å². The highest BCUT2D eigenvalue weighted by Crippen LogP contribution is 2.28. The van der Waals surface area contributed by atoms with Crippen LogP contribution in [0, 0.1) is 0 Å². The molecule has 3 aromatic rings. The Morgan fingerprint density at radius 3 is 2.09 bits per heavy atom. The number of halogens is 1. The third-order valence-electron chi connectivity index (χ3n) is 5.65. The van der Waals surface area contributed by atoms with Gasteiger partial charge in [0.2, 0.25) is 0 Å². The highest BCUT2D eigenvalue weighted by Gasteiger charge is 2.29. The van der Waals surface area contributed by atoms with Crippen molar-refractivity contribution in [3.63, 3.8) is 0 Å². The topological polar surface area (TPSA) is 72.5 Å². The van der Waals surface area contributed by atoms with Crippen molar-refractivity contribution in [2.45, 2.75) is 23.3 Å². The Hall–Kier alpha value is -2.67. The molecule has 168 valence electrons. The highest BCUT2D eigenvalue weighted by molar-refractivity contribution is 7.90. The Bertz CT molecular complexity index is 1150. The molecule has 0 spiro atoms. The standard InChI is InChI=1S/C25H25NO4S.ClH/c1-31(28,29)22-13-11-19(12-14-22)18-7-9-21(10-8-18)25(27)30-24-17-26-16-15-23(24)20-5-3-2-4-6-20;/h2-14,23-24,26H,15-17H2,1H3;1H/t23-,24+;/m1./s1. The van der Waals surface area contributed by atoms with Crippen LogP contribution in [0.4, 0.5) is 0 Å². The van der Waals surface area contributed by atoms with E-state index in [1.165, 1.54) is 11.8 Å². The molecule has 4 rings (SSSR count). The van der Waals surface area contributed by atoms with Crippen molar-refractivity contribution in [3.8, 4) is 11.1 Å². The molecule has 1 fully saturated rings. The van der Waals surface area contributed by atoms with E-state index in [2.05, 4.69) is 17.4 Å². The molecule has 0 saturated carbocycles. The molecule has 0 aromatic heterocycles. The summed E-state index contributed by atoms with van der Waals surface area (Å²) in [5.74, 6) is -0.160. The van der Waals surface area contributed by atoms with Crippen LogP contribution in [-0.4, -0.2) is 39.8 Å². The molecule has 1 aliphatic rings. The number of carbonyl (C=O) groups excluding carboxylic acids is 1. The minimum absolute atomic E-state index is 0. The van der Waals surface area contributed by atoms with Gasteiger partial charge in [0.05, 0.1) is 10.5 Å². The predicted molar refractivity (Wildman–Crippen MR) is 128 cm³/mol. The lowest BCUT2D eigenvalue weighted by molar-refractivity contribution is 0.0182. The number of hydrogen-bond donors (Lipinski definition) is 1. The minimum atomic E-state index is -3.22. The van der Waals surface area contributed by atoms with Crippen molar-refractivity contribution in [1.82, 2.24) is 5.32 Å². The van der Waals surface area contributed by atoms with Gasteiger partial charge in [0, 0.05) is 18.7 Å². The second-order valence-electron chi connectivity index (χ2n) is 7.83. The summed E-state index contributed by atoms with van der Waals surface area (Å²) in [7, 11) is -3.22. The summed E-state index contributed by atoms with van der Waals surface area (Å²) in [5.41, 5.74) is 3.47. The quantitative estimate of drug-likeness (QED) is 0.555. The molecule has 0 aliphatic carbocycles. The van der Waals surface area contributed by atoms with Gasteiger partial charge < -0.3 is 10.1 Å². The van der Waals surface area contributed by atoms with E-state index in [0.717, 1.165) is 24.1 Å². The van der Waals surface area contributed by atoms with Crippen LogP contribution in [0.1, 0.15) is 28.3 Å². The molecule has 1 N–H and O–H groups in total. The van der Waals surface area contributed by atoms with E-state index in [-0.39, 0.29) is 35.3 Å². The molecule has 1 aliphatic heterocycles. The second kappa shape index (κ2) is 10.3. The molecule has 32 heavy (non-hydrogen) atoms. The highest BCUT2D eigenvalue weighted by atomic mass is 35.5. The SMILES string of the molecule is CS(=O)(=O)c1ccc(-c2ccc(C(=O)O[C@H]3CNCC[C@@H]3c3ccccc3)cc2)cc1.Cl. The number of ether oxygens (including phenoxy) is 1. The Kier molecular flexibility index (Phi) is 7.72. The van der Waals surface area contributed by atoms with Crippen LogP contribution >= 0.6 is 12.4 Å². The molecule has 5 nitrogen and oxygen atoms in total. The van der Waals surface area contributed by atoms with E-state index in [1.807, 2.05) is 30.3 Å². The van der Waals surface area contributed by atoms with Gasteiger partial charge in [-0.3, -0.25) is 0 Å². The number of rotatable bonds is 5. The number of sulfone groups is 1. The van der Waals surface area contributed by atoms with Gasteiger partial charge in [-0.15, -0.1) is 12.4 Å². The maximum absolute atomic E-state index is 12.8. The first-order chi connectivity index (χ1) is 14.9. The van der Waals surface area contributed by atoms with E-state index in [1.54, 1.807) is 36.4 Å². The van der Waals surface area contributed by atoms with E-state index in [0.29, 0.717) is 12.1 Å². The normalized spacial score (nSPS) is 18.4. The predicted octanol–water partition coefficient (Wildman–Crippen LogP) is 4.48. The first kappa shape index (κ1) is 24.0. The van der Waals surface area contributed by atoms with E-state index in [9.17, 15) is 13.2 Å². The molecular formula is C25H26ClNO4S. The number of nitrogens with one attached hydrogen (secondary N) is 1. The van der Waals surface area contributed by atoms with Crippen molar-refractivity contribution in [1.29, 1.82) is 0 Å². The summed E-state index contributed by atoms with van der Waals surface area (Å²) in [6, 6.07) is 24.1. The van der Waals surface area contributed by atoms with Crippen LogP contribution in [0.2, 0.25) is 0 Å². The van der Waals surface area contributed by atoms with Crippen molar-refractivity contribution in [2.24, 2.45) is 0 Å². The molecule has 0 bridgehead atoms. The van der Waals surface area contributed by atoms with Crippen LogP contribution in [0.5, 0.6) is 0 Å². The lowest BCUT2D eigenvalue weighted by atomic mass is 9.88. The molecule has 1 heterocycles. The van der Waals surface area contributed by atoms with Crippen LogP contribution in [0.25, 0.3) is 11.1 Å². The van der Waals surface area contributed by atoms with Crippen molar-refractivity contribution in [3.05, 3.63) is 90.0 Å². The average Bonchev–Trinajstić information content (AvgIpc) is 2.80. The smallest absolute Gasteiger partial charge is 0.338 e. The molecule has 3 aromatic carbocycles.